The van der Waals surface area contributed by atoms with Crippen LogP contribution in [0.3, 0.4) is 0 Å². The van der Waals surface area contributed by atoms with E-state index in [0.29, 0.717) is 0 Å². The molecule has 0 saturated carbocycles. The lowest BCUT2D eigenvalue weighted by Gasteiger charge is -2.29. The number of anilines is 2. The summed E-state index contributed by atoms with van der Waals surface area (Å²) in [6, 6.07) is 16.0. The summed E-state index contributed by atoms with van der Waals surface area (Å²) in [6.07, 6.45) is 3.51. The van der Waals surface area contributed by atoms with Gasteiger partial charge in [0.05, 0.1) is 0 Å². The molecule has 3 rings (SSSR count). The van der Waals surface area contributed by atoms with Gasteiger partial charge in [0.1, 0.15) is 0 Å². The second-order valence-corrected chi connectivity index (χ2v) is 6.47. The maximum absolute atomic E-state index is 12.4. The predicted molar refractivity (Wildman–Crippen MR) is 106 cm³/mol. The molecule has 4 heteroatoms. The van der Waals surface area contributed by atoms with E-state index in [0.717, 1.165) is 43.0 Å². The highest BCUT2D eigenvalue weighted by Crippen LogP contribution is 2.17. The van der Waals surface area contributed by atoms with Gasteiger partial charge in [0.15, 0.2) is 5.78 Å². The summed E-state index contributed by atoms with van der Waals surface area (Å²) in [5, 5.41) is 3.35. The Labute approximate surface area is 149 Å². The van der Waals surface area contributed by atoms with Gasteiger partial charge in [-0.1, -0.05) is 18.2 Å². The number of rotatable bonds is 5. The molecular formula is C21H25N3O. The van der Waals surface area contributed by atoms with Gasteiger partial charge in [0.2, 0.25) is 0 Å². The molecule has 1 heterocycles. The number of allylic oxidation sites excluding steroid dienone is 1. The third kappa shape index (κ3) is 4.48. The van der Waals surface area contributed by atoms with E-state index in [2.05, 4.69) is 15.1 Å². The molecule has 1 aliphatic rings. The largest absolute Gasteiger partial charge is 0.378 e. The topological polar surface area (TPSA) is 35.6 Å². The van der Waals surface area contributed by atoms with Gasteiger partial charge in [-0.3, -0.25) is 4.79 Å². The van der Waals surface area contributed by atoms with Crippen molar-refractivity contribution >= 4 is 23.2 Å². The summed E-state index contributed by atoms with van der Waals surface area (Å²) in [7, 11) is 4.02. The molecule has 0 amide bonds. The summed E-state index contributed by atoms with van der Waals surface area (Å²) >= 11 is 0. The van der Waals surface area contributed by atoms with Crippen molar-refractivity contribution in [1.29, 1.82) is 0 Å². The second kappa shape index (κ2) is 7.99. The first-order valence-corrected chi connectivity index (χ1v) is 8.69. The van der Waals surface area contributed by atoms with Crippen LogP contribution in [0.2, 0.25) is 0 Å². The Morgan fingerprint density at radius 3 is 2.24 bits per heavy atom. The van der Waals surface area contributed by atoms with Crippen LogP contribution in [-0.2, 0) is 0 Å². The monoisotopic (exact) mass is 335 g/mol. The number of piperazine rings is 1. The Morgan fingerprint density at radius 2 is 1.64 bits per heavy atom. The van der Waals surface area contributed by atoms with Crippen molar-refractivity contribution in [2.45, 2.75) is 0 Å². The number of nitrogens with one attached hydrogen (secondary N) is 1. The first kappa shape index (κ1) is 17.2. The molecule has 2 aromatic carbocycles. The zero-order valence-corrected chi connectivity index (χ0v) is 14.9. The molecule has 0 bridgehead atoms. The van der Waals surface area contributed by atoms with Gasteiger partial charge < -0.3 is 15.1 Å². The lowest BCUT2D eigenvalue weighted by Crippen LogP contribution is -2.43. The summed E-state index contributed by atoms with van der Waals surface area (Å²) in [5.74, 6) is 0.0311. The van der Waals surface area contributed by atoms with Gasteiger partial charge in [-0.05, 0) is 48.0 Å². The molecule has 0 aromatic heterocycles. The van der Waals surface area contributed by atoms with Crippen LogP contribution < -0.4 is 15.1 Å². The van der Waals surface area contributed by atoms with Crippen molar-refractivity contribution in [3.8, 4) is 0 Å². The Bertz CT molecular complexity index is 727. The number of hydrogen-bond donors (Lipinski definition) is 1. The van der Waals surface area contributed by atoms with Gasteiger partial charge in [0.25, 0.3) is 0 Å². The number of carbonyl (C=O) groups is 1. The van der Waals surface area contributed by atoms with Crippen LogP contribution in [0.25, 0.3) is 6.08 Å². The molecule has 130 valence electrons. The average Bonchev–Trinajstić information content (AvgIpc) is 2.67. The zero-order valence-electron chi connectivity index (χ0n) is 14.9. The van der Waals surface area contributed by atoms with Gasteiger partial charge in [-0.25, -0.2) is 0 Å². The summed E-state index contributed by atoms with van der Waals surface area (Å²) in [6.45, 7) is 4.04. The summed E-state index contributed by atoms with van der Waals surface area (Å²) in [5.41, 5.74) is 4.07. The third-order valence-corrected chi connectivity index (χ3v) is 4.47. The van der Waals surface area contributed by atoms with E-state index in [1.54, 1.807) is 6.08 Å². The molecule has 25 heavy (non-hydrogen) atoms. The van der Waals surface area contributed by atoms with Crippen LogP contribution in [0.15, 0.2) is 54.6 Å². The Hall–Kier alpha value is -2.59. The molecule has 1 fully saturated rings. The molecule has 0 radical (unpaired) electrons. The van der Waals surface area contributed by atoms with Crippen molar-refractivity contribution in [2.75, 3.05) is 50.1 Å². The fourth-order valence-electron chi connectivity index (χ4n) is 2.91. The number of benzene rings is 2. The van der Waals surface area contributed by atoms with E-state index < -0.39 is 0 Å². The molecule has 1 N–H and O–H groups in total. The normalized spacial score (nSPS) is 14.7. The van der Waals surface area contributed by atoms with E-state index in [9.17, 15) is 4.79 Å². The highest BCUT2D eigenvalue weighted by Gasteiger charge is 2.10. The van der Waals surface area contributed by atoms with Crippen molar-refractivity contribution < 1.29 is 4.79 Å². The highest BCUT2D eigenvalue weighted by atomic mass is 16.1. The van der Waals surface area contributed by atoms with Crippen LogP contribution in [-0.4, -0.2) is 46.1 Å². The Balaban J connectivity index is 1.64. The molecule has 4 nitrogen and oxygen atoms in total. The fourth-order valence-corrected chi connectivity index (χ4v) is 2.91. The van der Waals surface area contributed by atoms with E-state index in [-0.39, 0.29) is 5.78 Å². The molecule has 0 unspecified atom stereocenters. The van der Waals surface area contributed by atoms with E-state index in [1.807, 2.05) is 68.7 Å². The number of hydrogen-bond acceptors (Lipinski definition) is 4. The Kier molecular flexibility index (Phi) is 5.51. The molecular weight excluding hydrogens is 310 g/mol. The van der Waals surface area contributed by atoms with Gasteiger partial charge in [-0.15, -0.1) is 0 Å². The number of ketones is 1. The van der Waals surface area contributed by atoms with Crippen LogP contribution in [0, 0.1) is 0 Å². The van der Waals surface area contributed by atoms with Gasteiger partial charge in [0, 0.05) is 57.2 Å². The summed E-state index contributed by atoms with van der Waals surface area (Å²) < 4.78 is 0. The molecule has 0 aliphatic carbocycles. The minimum Gasteiger partial charge on any atom is -0.378 e. The molecule has 1 aliphatic heterocycles. The lowest BCUT2D eigenvalue weighted by atomic mass is 10.1. The predicted octanol–water partition coefficient (Wildman–Crippen LogP) is 3.06. The average molecular weight is 335 g/mol. The lowest BCUT2D eigenvalue weighted by molar-refractivity contribution is 0.104. The molecule has 0 spiro atoms. The molecule has 2 aromatic rings. The van der Waals surface area contributed by atoms with Gasteiger partial charge >= 0.3 is 0 Å². The minimum atomic E-state index is 0.0311. The first-order chi connectivity index (χ1) is 12.1. The Morgan fingerprint density at radius 1 is 1.00 bits per heavy atom. The number of carbonyl (C=O) groups excluding carboxylic acids is 1. The van der Waals surface area contributed by atoms with Crippen molar-refractivity contribution in [2.24, 2.45) is 0 Å². The van der Waals surface area contributed by atoms with E-state index in [4.69, 9.17) is 0 Å². The van der Waals surface area contributed by atoms with Crippen LogP contribution in [0.1, 0.15) is 15.9 Å². The summed E-state index contributed by atoms with van der Waals surface area (Å²) in [4.78, 5) is 16.8. The third-order valence-electron chi connectivity index (χ3n) is 4.47. The molecule has 1 saturated heterocycles. The van der Waals surface area contributed by atoms with Crippen molar-refractivity contribution in [1.82, 2.24) is 5.32 Å². The van der Waals surface area contributed by atoms with Crippen LogP contribution in [0.4, 0.5) is 11.4 Å². The van der Waals surface area contributed by atoms with Crippen molar-refractivity contribution in [3.63, 3.8) is 0 Å². The van der Waals surface area contributed by atoms with E-state index in [1.165, 1.54) is 5.69 Å². The second-order valence-electron chi connectivity index (χ2n) is 6.47. The van der Waals surface area contributed by atoms with Crippen LogP contribution >= 0.6 is 0 Å². The highest BCUT2D eigenvalue weighted by molar-refractivity contribution is 6.07. The molecule has 0 atom stereocenters. The van der Waals surface area contributed by atoms with Crippen LogP contribution in [0.5, 0.6) is 0 Å². The van der Waals surface area contributed by atoms with Crippen molar-refractivity contribution in [3.05, 3.63) is 65.7 Å². The smallest absolute Gasteiger partial charge is 0.185 e. The van der Waals surface area contributed by atoms with E-state index >= 15 is 0 Å². The van der Waals surface area contributed by atoms with Gasteiger partial charge in [-0.2, -0.15) is 0 Å². The maximum atomic E-state index is 12.4. The number of nitrogens with zero attached hydrogens (tertiary/aromatic N) is 2. The maximum Gasteiger partial charge on any atom is 0.185 e. The quantitative estimate of drug-likeness (QED) is 0.673. The fraction of sp³-hybridized carbons (Fsp3) is 0.286. The minimum absolute atomic E-state index is 0.0311. The first-order valence-electron chi connectivity index (χ1n) is 8.69. The zero-order chi connectivity index (χ0) is 17.6. The SMILES string of the molecule is CN(C)c1ccc(/C=C/C(=O)c2ccc(N3CCNCC3)cc2)cc1. The standard InChI is InChI=1S/C21H25N3O/c1-23(2)19-8-3-17(4-9-19)5-12-21(25)18-6-10-20(11-7-18)24-15-13-22-14-16-24/h3-12,22H,13-16H2,1-2H3/b12-5+.